The lowest BCUT2D eigenvalue weighted by molar-refractivity contribution is -0.130. The molecule has 3 aromatic heterocycles. The Morgan fingerprint density at radius 3 is 2.75 bits per heavy atom. The molecule has 1 aliphatic rings. The van der Waals surface area contributed by atoms with E-state index in [-0.39, 0.29) is 5.91 Å². The molecule has 148 valence electrons. The van der Waals surface area contributed by atoms with Crippen LogP contribution >= 0.6 is 23.1 Å². The molecular weight excluding hydrogens is 394 g/mol. The van der Waals surface area contributed by atoms with Crippen molar-refractivity contribution in [1.29, 1.82) is 0 Å². The number of thioether (sulfide) groups is 1. The average Bonchev–Trinajstić information content (AvgIpc) is 3.43. The quantitative estimate of drug-likeness (QED) is 0.575. The fraction of sp³-hybridized carbons (Fsp3) is 0.421. The summed E-state index contributed by atoms with van der Waals surface area (Å²) < 4.78 is 7.26. The van der Waals surface area contributed by atoms with Crippen LogP contribution in [0.5, 0.6) is 0 Å². The van der Waals surface area contributed by atoms with Gasteiger partial charge in [0.2, 0.25) is 5.91 Å². The number of carbonyl (C=O) groups is 1. The molecule has 0 radical (unpaired) electrons. The van der Waals surface area contributed by atoms with E-state index in [0.29, 0.717) is 5.75 Å². The molecule has 1 amide bonds. The molecule has 1 fully saturated rings. The molecule has 0 spiro atoms. The van der Waals surface area contributed by atoms with Crippen LogP contribution < -0.4 is 0 Å². The number of aromatic nitrogens is 3. The molecule has 1 saturated heterocycles. The number of aryl methyl sites for hydroxylation is 1. The minimum absolute atomic E-state index is 0.157. The van der Waals surface area contributed by atoms with Gasteiger partial charge in [-0.2, -0.15) is 0 Å². The molecule has 1 aliphatic heterocycles. The average molecular weight is 418 g/mol. The van der Waals surface area contributed by atoms with Gasteiger partial charge in [0.05, 0.1) is 17.6 Å². The Morgan fingerprint density at radius 1 is 1.25 bits per heavy atom. The van der Waals surface area contributed by atoms with Crippen LogP contribution in [0, 0.1) is 6.92 Å². The van der Waals surface area contributed by atoms with E-state index in [1.165, 1.54) is 16.6 Å². The van der Waals surface area contributed by atoms with E-state index < -0.39 is 0 Å². The number of rotatable bonds is 6. The molecule has 0 unspecified atom stereocenters. The first-order valence-electron chi connectivity index (χ1n) is 9.21. The van der Waals surface area contributed by atoms with Crippen LogP contribution in [0.2, 0.25) is 0 Å². The normalized spacial score (nSPS) is 15.3. The molecule has 0 bridgehead atoms. The molecular formula is C19H23N5O2S2. The molecule has 0 aliphatic carbocycles. The SMILES string of the molecule is Cc1occc1-c1nnc(SCC(=O)N2CCN(Cc3cccs3)CC2)n1C. The summed E-state index contributed by atoms with van der Waals surface area (Å²) in [5.41, 5.74) is 0.926. The Kier molecular flexibility index (Phi) is 5.84. The van der Waals surface area contributed by atoms with Crippen molar-refractivity contribution in [3.05, 3.63) is 40.5 Å². The summed E-state index contributed by atoms with van der Waals surface area (Å²) in [6.07, 6.45) is 1.65. The van der Waals surface area contributed by atoms with E-state index in [2.05, 4.69) is 32.6 Å². The Morgan fingerprint density at radius 2 is 2.07 bits per heavy atom. The van der Waals surface area contributed by atoms with Crippen molar-refractivity contribution < 1.29 is 9.21 Å². The van der Waals surface area contributed by atoms with Gasteiger partial charge in [0.15, 0.2) is 11.0 Å². The number of furan rings is 1. The number of nitrogens with zero attached hydrogens (tertiary/aromatic N) is 5. The lowest BCUT2D eigenvalue weighted by atomic mass is 10.2. The fourth-order valence-corrected chi connectivity index (χ4v) is 4.85. The summed E-state index contributed by atoms with van der Waals surface area (Å²) in [6, 6.07) is 6.14. The zero-order valence-electron chi connectivity index (χ0n) is 16.0. The minimum Gasteiger partial charge on any atom is -0.469 e. The topological polar surface area (TPSA) is 67.4 Å². The second kappa shape index (κ2) is 8.50. The number of carbonyl (C=O) groups excluding carboxylic acids is 1. The van der Waals surface area contributed by atoms with Gasteiger partial charge in [0.25, 0.3) is 0 Å². The summed E-state index contributed by atoms with van der Waals surface area (Å²) in [6.45, 7) is 6.28. The first kappa shape index (κ1) is 19.2. The Bertz CT molecular complexity index is 926. The van der Waals surface area contributed by atoms with Gasteiger partial charge in [-0.05, 0) is 24.4 Å². The van der Waals surface area contributed by atoms with Crippen LogP contribution in [0.4, 0.5) is 0 Å². The Hall–Kier alpha value is -2.10. The minimum atomic E-state index is 0.157. The van der Waals surface area contributed by atoms with Crippen molar-refractivity contribution in [3.63, 3.8) is 0 Å². The van der Waals surface area contributed by atoms with E-state index in [0.717, 1.165) is 55.0 Å². The summed E-state index contributed by atoms with van der Waals surface area (Å²) in [7, 11) is 1.91. The third kappa shape index (κ3) is 4.16. The highest BCUT2D eigenvalue weighted by molar-refractivity contribution is 7.99. The van der Waals surface area contributed by atoms with E-state index in [1.807, 2.05) is 29.5 Å². The van der Waals surface area contributed by atoms with Crippen molar-refractivity contribution in [3.8, 4) is 11.4 Å². The second-order valence-electron chi connectivity index (χ2n) is 6.78. The van der Waals surface area contributed by atoms with Crippen LogP contribution in [-0.2, 0) is 18.4 Å². The van der Waals surface area contributed by atoms with Crippen LogP contribution in [0.3, 0.4) is 0 Å². The van der Waals surface area contributed by atoms with Gasteiger partial charge in [-0.3, -0.25) is 9.69 Å². The maximum Gasteiger partial charge on any atom is 0.233 e. The third-order valence-corrected chi connectivity index (χ3v) is 6.81. The number of thiophene rings is 1. The predicted molar refractivity (Wildman–Crippen MR) is 110 cm³/mol. The molecule has 3 aromatic rings. The van der Waals surface area contributed by atoms with Gasteiger partial charge < -0.3 is 13.9 Å². The second-order valence-corrected chi connectivity index (χ2v) is 8.76. The van der Waals surface area contributed by atoms with Crippen LogP contribution in [-0.4, -0.2) is 62.4 Å². The van der Waals surface area contributed by atoms with Gasteiger partial charge in [0, 0.05) is 44.6 Å². The third-order valence-electron chi connectivity index (χ3n) is 4.94. The van der Waals surface area contributed by atoms with Crippen molar-refractivity contribution in [2.45, 2.75) is 18.6 Å². The predicted octanol–water partition coefficient (Wildman–Crippen LogP) is 2.88. The summed E-state index contributed by atoms with van der Waals surface area (Å²) >= 11 is 3.22. The molecule has 0 N–H and O–H groups in total. The largest absolute Gasteiger partial charge is 0.469 e. The van der Waals surface area contributed by atoms with Gasteiger partial charge in [-0.25, -0.2) is 0 Å². The van der Waals surface area contributed by atoms with Crippen LogP contribution in [0.1, 0.15) is 10.6 Å². The zero-order valence-corrected chi connectivity index (χ0v) is 17.6. The number of piperazine rings is 1. The van der Waals surface area contributed by atoms with Crippen LogP contribution in [0.25, 0.3) is 11.4 Å². The van der Waals surface area contributed by atoms with E-state index >= 15 is 0 Å². The van der Waals surface area contributed by atoms with E-state index in [4.69, 9.17) is 4.42 Å². The number of hydrogen-bond acceptors (Lipinski definition) is 7. The molecule has 0 saturated carbocycles. The lowest BCUT2D eigenvalue weighted by Crippen LogP contribution is -2.48. The Labute approximate surface area is 172 Å². The monoisotopic (exact) mass is 417 g/mol. The molecule has 9 heteroatoms. The van der Waals surface area contributed by atoms with Gasteiger partial charge in [-0.15, -0.1) is 21.5 Å². The molecule has 4 heterocycles. The standard InChI is InChI=1S/C19H23N5O2S2/c1-14-16(5-10-26-14)18-20-21-19(22(18)2)28-13-17(25)24-8-6-23(7-9-24)12-15-4-3-11-27-15/h3-5,10-11H,6-9,12-13H2,1-2H3. The molecule has 0 atom stereocenters. The highest BCUT2D eigenvalue weighted by Gasteiger charge is 2.22. The maximum atomic E-state index is 12.6. The first-order valence-corrected chi connectivity index (χ1v) is 11.1. The van der Waals surface area contributed by atoms with Crippen molar-refractivity contribution >= 4 is 29.0 Å². The molecule has 4 rings (SSSR count). The number of amides is 1. The maximum absolute atomic E-state index is 12.6. The molecule has 0 aromatic carbocycles. The van der Waals surface area contributed by atoms with Gasteiger partial charge in [0.1, 0.15) is 5.76 Å². The summed E-state index contributed by atoms with van der Waals surface area (Å²) in [4.78, 5) is 18.3. The highest BCUT2D eigenvalue weighted by Crippen LogP contribution is 2.26. The first-order chi connectivity index (χ1) is 13.6. The lowest BCUT2D eigenvalue weighted by Gasteiger charge is -2.34. The molecule has 7 nitrogen and oxygen atoms in total. The van der Waals surface area contributed by atoms with Crippen molar-refractivity contribution in [2.24, 2.45) is 7.05 Å². The van der Waals surface area contributed by atoms with E-state index in [1.54, 1.807) is 17.6 Å². The van der Waals surface area contributed by atoms with Crippen molar-refractivity contribution in [1.82, 2.24) is 24.6 Å². The zero-order chi connectivity index (χ0) is 19.5. The fourth-order valence-electron chi connectivity index (χ4n) is 3.29. The van der Waals surface area contributed by atoms with E-state index in [9.17, 15) is 4.79 Å². The van der Waals surface area contributed by atoms with Crippen LogP contribution in [0.15, 0.2) is 39.4 Å². The summed E-state index contributed by atoms with van der Waals surface area (Å²) in [5.74, 6) is 2.10. The number of hydrogen-bond donors (Lipinski definition) is 0. The smallest absolute Gasteiger partial charge is 0.233 e. The van der Waals surface area contributed by atoms with Gasteiger partial charge >= 0.3 is 0 Å². The van der Waals surface area contributed by atoms with Crippen molar-refractivity contribution in [2.75, 3.05) is 31.9 Å². The molecule has 28 heavy (non-hydrogen) atoms. The Balaban J connectivity index is 1.28. The summed E-state index contributed by atoms with van der Waals surface area (Å²) in [5, 5.41) is 11.3. The van der Waals surface area contributed by atoms with Gasteiger partial charge in [-0.1, -0.05) is 17.8 Å². The highest BCUT2D eigenvalue weighted by atomic mass is 32.2.